The molecule has 5 atom stereocenters. The number of aryl methyl sites for hydroxylation is 1. The molecule has 2 bridgehead atoms. The first-order valence-corrected chi connectivity index (χ1v) is 11.4. The van der Waals surface area contributed by atoms with Crippen molar-refractivity contribution in [3.05, 3.63) is 57.8 Å². The van der Waals surface area contributed by atoms with Gasteiger partial charge in [-0.15, -0.1) is 11.3 Å². The average Bonchev–Trinajstić information content (AvgIpc) is 3.26. The minimum absolute atomic E-state index is 0.115. The molecule has 1 saturated carbocycles. The van der Waals surface area contributed by atoms with Crippen molar-refractivity contribution in [3.8, 4) is 0 Å². The van der Waals surface area contributed by atoms with E-state index < -0.39 is 0 Å². The summed E-state index contributed by atoms with van der Waals surface area (Å²) < 4.78 is 0. The molecule has 1 aliphatic carbocycles. The van der Waals surface area contributed by atoms with Crippen LogP contribution in [0.5, 0.6) is 0 Å². The lowest BCUT2D eigenvalue weighted by Gasteiger charge is -2.40. The second kappa shape index (κ2) is 7.58. The zero-order valence-corrected chi connectivity index (χ0v) is 17.5. The summed E-state index contributed by atoms with van der Waals surface area (Å²) in [7, 11) is 0. The molecule has 2 aliphatic heterocycles. The zero-order valence-electron chi connectivity index (χ0n) is 16.7. The monoisotopic (exact) mass is 409 g/mol. The Labute approximate surface area is 175 Å². The van der Waals surface area contributed by atoms with E-state index in [1.807, 2.05) is 35.2 Å². The highest BCUT2D eigenvalue weighted by Gasteiger charge is 2.45. The summed E-state index contributed by atoms with van der Waals surface area (Å²) in [5, 5.41) is 3.19. The highest BCUT2D eigenvalue weighted by molar-refractivity contribution is 7.12. The summed E-state index contributed by atoms with van der Waals surface area (Å²) in [5.41, 5.74) is 0.752. The number of fused-ring (bicyclic) bond motifs is 2. The molecule has 1 unspecified atom stereocenters. The second-order valence-electron chi connectivity index (χ2n) is 8.56. The maximum atomic E-state index is 13.0. The van der Waals surface area contributed by atoms with Gasteiger partial charge in [-0.25, -0.2) is 0 Å². The van der Waals surface area contributed by atoms with E-state index in [0.29, 0.717) is 25.0 Å². The number of carbonyl (C=O) groups is 2. The molecule has 1 aromatic carbocycles. The van der Waals surface area contributed by atoms with Crippen LogP contribution in [0.15, 0.2) is 42.5 Å². The molecule has 1 aromatic heterocycles. The quantitative estimate of drug-likeness (QED) is 0.826. The molecular weight excluding hydrogens is 382 g/mol. The van der Waals surface area contributed by atoms with Crippen molar-refractivity contribution < 1.29 is 9.59 Å². The van der Waals surface area contributed by atoms with Crippen LogP contribution in [-0.2, 0) is 4.79 Å². The number of carbonyl (C=O) groups excluding carboxylic acids is 2. The van der Waals surface area contributed by atoms with E-state index in [-0.39, 0.29) is 23.8 Å². The van der Waals surface area contributed by atoms with Crippen LogP contribution < -0.4 is 5.32 Å². The summed E-state index contributed by atoms with van der Waals surface area (Å²) in [4.78, 5) is 32.8. The fourth-order valence-corrected chi connectivity index (χ4v) is 5.89. The van der Waals surface area contributed by atoms with Gasteiger partial charge >= 0.3 is 0 Å². The number of hydrogen-bond acceptors (Lipinski definition) is 4. The van der Waals surface area contributed by atoms with Gasteiger partial charge in [-0.2, -0.15) is 0 Å². The van der Waals surface area contributed by atoms with Crippen molar-refractivity contribution in [2.75, 3.05) is 26.2 Å². The van der Waals surface area contributed by atoms with Crippen molar-refractivity contribution in [2.24, 2.45) is 5.92 Å². The minimum Gasteiger partial charge on any atom is -0.354 e. The van der Waals surface area contributed by atoms with E-state index in [4.69, 9.17) is 0 Å². The predicted octanol–water partition coefficient (Wildman–Crippen LogP) is 2.88. The summed E-state index contributed by atoms with van der Waals surface area (Å²) in [5.74, 6) is 0.796. The molecule has 29 heavy (non-hydrogen) atoms. The Morgan fingerprint density at radius 3 is 2.72 bits per heavy atom. The summed E-state index contributed by atoms with van der Waals surface area (Å²) >= 11 is 1.80. The molecule has 5 rings (SSSR count). The third-order valence-electron chi connectivity index (χ3n) is 6.61. The van der Waals surface area contributed by atoms with Crippen LogP contribution in [0, 0.1) is 12.8 Å². The first-order chi connectivity index (χ1) is 14.1. The van der Waals surface area contributed by atoms with Gasteiger partial charge in [0.2, 0.25) is 5.91 Å². The van der Waals surface area contributed by atoms with Gasteiger partial charge in [0.1, 0.15) is 0 Å². The maximum absolute atomic E-state index is 13.0. The number of amides is 2. The van der Waals surface area contributed by atoms with Gasteiger partial charge in [-0.3, -0.25) is 14.5 Å². The van der Waals surface area contributed by atoms with E-state index in [2.05, 4.69) is 29.3 Å². The molecule has 2 amide bonds. The molecule has 6 heteroatoms. The van der Waals surface area contributed by atoms with Crippen LogP contribution in [0.3, 0.4) is 0 Å². The first-order valence-electron chi connectivity index (χ1n) is 10.5. The standard InChI is InChI=1S/C23H27N3O2S/c1-15-7-8-21(29-15)19-11-20(19)22(27)24-12-18-14-26(17-9-10-25(18)13-17)23(28)16-5-3-2-4-6-16/h2-8,17-20H,9-14H2,1H3,(H,24,27)/t17-,18-,19+,20-/m0/s1. The molecule has 3 aliphatic rings. The van der Waals surface area contributed by atoms with Crippen molar-refractivity contribution in [3.63, 3.8) is 0 Å². The minimum atomic E-state index is 0.115. The molecule has 0 spiro atoms. The second-order valence-corrected chi connectivity index (χ2v) is 9.88. The van der Waals surface area contributed by atoms with Crippen LogP contribution in [0.4, 0.5) is 0 Å². The van der Waals surface area contributed by atoms with Crippen LogP contribution in [0.2, 0.25) is 0 Å². The molecule has 0 radical (unpaired) electrons. The van der Waals surface area contributed by atoms with Gasteiger partial charge in [-0.1, -0.05) is 18.2 Å². The Morgan fingerprint density at radius 2 is 1.97 bits per heavy atom. The van der Waals surface area contributed by atoms with Gasteiger partial charge in [0.15, 0.2) is 0 Å². The molecule has 2 saturated heterocycles. The third-order valence-corrected chi connectivity index (χ3v) is 7.74. The Bertz CT molecular complexity index is 912. The molecule has 2 aromatic rings. The number of rotatable bonds is 5. The Hall–Kier alpha value is -2.18. The number of thiophene rings is 1. The van der Waals surface area contributed by atoms with Gasteiger partial charge in [-0.05, 0) is 44.0 Å². The highest BCUT2D eigenvalue weighted by Crippen LogP contribution is 2.49. The van der Waals surface area contributed by atoms with E-state index in [1.54, 1.807) is 11.3 Å². The van der Waals surface area contributed by atoms with E-state index in [1.165, 1.54) is 9.75 Å². The van der Waals surface area contributed by atoms with Crippen molar-refractivity contribution >= 4 is 23.2 Å². The average molecular weight is 410 g/mol. The Morgan fingerprint density at radius 1 is 1.14 bits per heavy atom. The molecule has 3 heterocycles. The largest absolute Gasteiger partial charge is 0.354 e. The summed E-state index contributed by atoms with van der Waals surface area (Å²) in [6.45, 7) is 5.35. The van der Waals surface area contributed by atoms with E-state index in [0.717, 1.165) is 31.5 Å². The maximum Gasteiger partial charge on any atom is 0.254 e. The SMILES string of the molecule is Cc1ccc([C@@H]2C[C@@H]2C(=O)NC[C@H]2CN(C(=O)c3ccccc3)[C@H]3CCN2C3)s1. The van der Waals surface area contributed by atoms with Crippen LogP contribution in [-0.4, -0.2) is 59.9 Å². The first kappa shape index (κ1) is 18.8. The van der Waals surface area contributed by atoms with Crippen molar-refractivity contribution in [2.45, 2.75) is 37.8 Å². The number of benzene rings is 1. The fourth-order valence-electron chi connectivity index (χ4n) is 4.84. The Kier molecular flexibility index (Phi) is 4.92. The molecule has 3 fully saturated rings. The lowest BCUT2D eigenvalue weighted by atomic mass is 10.1. The summed E-state index contributed by atoms with van der Waals surface area (Å²) in [6.07, 6.45) is 1.98. The van der Waals surface area contributed by atoms with Crippen LogP contribution in [0.25, 0.3) is 0 Å². The normalized spacial score (nSPS) is 30.2. The zero-order chi connectivity index (χ0) is 20.0. The molecule has 1 N–H and O–H groups in total. The number of hydrogen-bond donors (Lipinski definition) is 1. The van der Waals surface area contributed by atoms with Gasteiger partial charge in [0.05, 0.1) is 0 Å². The van der Waals surface area contributed by atoms with Crippen molar-refractivity contribution in [1.82, 2.24) is 15.1 Å². The topological polar surface area (TPSA) is 52.7 Å². The van der Waals surface area contributed by atoms with E-state index in [9.17, 15) is 9.59 Å². The van der Waals surface area contributed by atoms with Crippen molar-refractivity contribution in [1.29, 1.82) is 0 Å². The van der Waals surface area contributed by atoms with Crippen LogP contribution in [0.1, 0.15) is 38.9 Å². The molecular formula is C23H27N3O2S. The fraction of sp³-hybridized carbons (Fsp3) is 0.478. The third kappa shape index (κ3) is 3.71. The smallest absolute Gasteiger partial charge is 0.254 e. The van der Waals surface area contributed by atoms with Crippen LogP contribution >= 0.6 is 11.3 Å². The van der Waals surface area contributed by atoms with E-state index >= 15 is 0 Å². The number of piperazine rings is 1. The lowest BCUT2D eigenvalue weighted by Crippen LogP contribution is -2.57. The summed E-state index contributed by atoms with van der Waals surface area (Å²) in [6, 6.07) is 14.3. The van der Waals surface area contributed by atoms with Gasteiger partial charge in [0, 0.05) is 65.4 Å². The Balaban J connectivity index is 1.19. The predicted molar refractivity (Wildman–Crippen MR) is 114 cm³/mol. The molecule has 5 nitrogen and oxygen atoms in total. The molecule has 152 valence electrons. The number of nitrogens with one attached hydrogen (secondary N) is 1. The number of nitrogens with zero attached hydrogens (tertiary/aromatic N) is 2. The van der Waals surface area contributed by atoms with Gasteiger partial charge < -0.3 is 10.2 Å². The van der Waals surface area contributed by atoms with Gasteiger partial charge in [0.25, 0.3) is 5.91 Å². The highest BCUT2D eigenvalue weighted by atomic mass is 32.1. The lowest BCUT2D eigenvalue weighted by molar-refractivity contribution is -0.122.